The minimum absolute atomic E-state index is 0.0951. The van der Waals surface area contributed by atoms with Crippen LogP contribution in [0.1, 0.15) is 64.2 Å². The molecule has 9 heteroatoms. The SMILES string of the molecule is O=C(NCc1ccco1)c1c(N=Cc2ccc(N3CCCCC3)c([N+](=O)[O-])c2)sc2c1CCCC2. The normalized spacial score (nSPS) is 15.8. The van der Waals surface area contributed by atoms with Crippen LogP contribution < -0.4 is 10.2 Å². The van der Waals surface area contributed by atoms with Gasteiger partial charge in [0.25, 0.3) is 11.6 Å². The van der Waals surface area contributed by atoms with Gasteiger partial charge in [-0.15, -0.1) is 11.3 Å². The van der Waals surface area contributed by atoms with Gasteiger partial charge in [-0.2, -0.15) is 0 Å². The summed E-state index contributed by atoms with van der Waals surface area (Å²) in [5.41, 5.74) is 3.10. The Morgan fingerprint density at radius 2 is 2.00 bits per heavy atom. The molecule has 0 atom stereocenters. The van der Waals surface area contributed by atoms with Crippen molar-refractivity contribution in [2.45, 2.75) is 51.5 Å². The van der Waals surface area contributed by atoms with E-state index in [4.69, 9.17) is 4.42 Å². The molecular formula is C26H28N4O4S. The maximum Gasteiger partial charge on any atom is 0.293 e. The van der Waals surface area contributed by atoms with Crippen molar-refractivity contribution in [3.05, 3.63) is 74.0 Å². The fraction of sp³-hybridized carbons (Fsp3) is 0.385. The number of nitro groups is 1. The minimum atomic E-state index is -0.321. The largest absolute Gasteiger partial charge is 0.467 e. The van der Waals surface area contributed by atoms with E-state index >= 15 is 0 Å². The number of furan rings is 1. The summed E-state index contributed by atoms with van der Waals surface area (Å²) in [7, 11) is 0. The van der Waals surface area contributed by atoms with Crippen LogP contribution in [0, 0.1) is 10.1 Å². The molecule has 3 aromatic rings. The lowest BCUT2D eigenvalue weighted by atomic mass is 9.95. The molecule has 8 nitrogen and oxygen atoms in total. The number of amides is 1. The minimum Gasteiger partial charge on any atom is -0.467 e. The fourth-order valence-corrected chi connectivity index (χ4v) is 6.08. The van der Waals surface area contributed by atoms with E-state index in [0.717, 1.165) is 63.6 Å². The van der Waals surface area contributed by atoms with Gasteiger partial charge in [0.15, 0.2) is 0 Å². The Labute approximate surface area is 207 Å². The molecule has 2 aliphatic rings. The Balaban J connectivity index is 1.42. The Hall–Kier alpha value is -3.46. The molecule has 1 amide bonds. The molecule has 2 aromatic heterocycles. The molecule has 0 saturated carbocycles. The Morgan fingerprint density at radius 1 is 1.17 bits per heavy atom. The molecule has 5 rings (SSSR count). The predicted octanol–water partition coefficient (Wildman–Crippen LogP) is 5.80. The molecule has 0 spiro atoms. The van der Waals surface area contributed by atoms with Gasteiger partial charge in [-0.3, -0.25) is 14.9 Å². The van der Waals surface area contributed by atoms with E-state index in [1.54, 1.807) is 35.9 Å². The van der Waals surface area contributed by atoms with E-state index in [9.17, 15) is 14.9 Å². The van der Waals surface area contributed by atoms with E-state index in [2.05, 4.69) is 15.2 Å². The summed E-state index contributed by atoms with van der Waals surface area (Å²) < 4.78 is 5.33. The second-order valence-electron chi connectivity index (χ2n) is 8.96. The number of nitrogens with one attached hydrogen (secondary N) is 1. The molecule has 0 bridgehead atoms. The van der Waals surface area contributed by atoms with Crippen LogP contribution in [0.2, 0.25) is 0 Å². The maximum atomic E-state index is 13.2. The molecule has 1 saturated heterocycles. The zero-order valence-corrected chi connectivity index (χ0v) is 20.3. The molecule has 1 N–H and O–H groups in total. The highest BCUT2D eigenvalue weighted by molar-refractivity contribution is 7.16. The highest BCUT2D eigenvalue weighted by Crippen LogP contribution is 2.40. The van der Waals surface area contributed by atoms with Crippen LogP contribution in [0.5, 0.6) is 0 Å². The molecule has 182 valence electrons. The second kappa shape index (κ2) is 10.4. The third-order valence-electron chi connectivity index (χ3n) is 6.61. The molecule has 3 heterocycles. The number of hydrogen-bond donors (Lipinski definition) is 1. The van der Waals surface area contributed by atoms with Crippen LogP contribution in [-0.4, -0.2) is 30.1 Å². The van der Waals surface area contributed by atoms with Gasteiger partial charge in [0.2, 0.25) is 0 Å². The smallest absolute Gasteiger partial charge is 0.293 e. The summed E-state index contributed by atoms with van der Waals surface area (Å²) in [6.07, 6.45) is 10.4. The van der Waals surface area contributed by atoms with Gasteiger partial charge in [0.1, 0.15) is 16.4 Å². The van der Waals surface area contributed by atoms with Gasteiger partial charge >= 0.3 is 0 Å². The molecule has 35 heavy (non-hydrogen) atoms. The van der Waals surface area contributed by atoms with E-state index in [-0.39, 0.29) is 16.5 Å². The quantitative estimate of drug-likeness (QED) is 0.255. The number of thiophene rings is 1. The van der Waals surface area contributed by atoms with E-state index < -0.39 is 0 Å². The predicted molar refractivity (Wildman–Crippen MR) is 137 cm³/mol. The van der Waals surface area contributed by atoms with Crippen molar-refractivity contribution in [2.75, 3.05) is 18.0 Å². The zero-order valence-electron chi connectivity index (χ0n) is 19.5. The highest BCUT2D eigenvalue weighted by atomic mass is 32.1. The summed E-state index contributed by atoms with van der Waals surface area (Å²) in [6.45, 7) is 1.99. The summed E-state index contributed by atoms with van der Waals surface area (Å²) in [5, 5.41) is 15.4. The summed E-state index contributed by atoms with van der Waals surface area (Å²) >= 11 is 1.54. The molecule has 0 radical (unpaired) electrons. The number of carbonyl (C=O) groups is 1. The van der Waals surface area contributed by atoms with Gasteiger partial charge < -0.3 is 14.6 Å². The standard InChI is InChI=1S/C26H28N4O4S/c31-25(27-17-19-7-6-14-34-19)24-20-8-2-3-9-23(20)35-26(24)28-16-18-10-11-21(22(15-18)30(32)33)29-12-4-1-5-13-29/h6-7,10-11,14-16H,1-5,8-9,12-13,17H2,(H,27,31). The van der Waals surface area contributed by atoms with Crippen LogP contribution in [-0.2, 0) is 19.4 Å². The Bertz CT molecular complexity index is 1240. The first-order valence-corrected chi connectivity index (χ1v) is 12.9. The maximum absolute atomic E-state index is 13.2. The fourth-order valence-electron chi connectivity index (χ4n) is 4.85. The van der Waals surface area contributed by atoms with Crippen LogP contribution >= 0.6 is 11.3 Å². The molecular weight excluding hydrogens is 464 g/mol. The first-order chi connectivity index (χ1) is 17.1. The van der Waals surface area contributed by atoms with E-state index in [0.29, 0.717) is 34.1 Å². The number of piperidine rings is 1. The molecule has 1 fully saturated rings. The summed E-state index contributed by atoms with van der Waals surface area (Å²) in [6, 6.07) is 8.88. The van der Waals surface area contributed by atoms with Crippen molar-refractivity contribution < 1.29 is 14.1 Å². The Morgan fingerprint density at radius 3 is 2.77 bits per heavy atom. The van der Waals surface area contributed by atoms with Crippen LogP contribution in [0.3, 0.4) is 0 Å². The molecule has 1 aliphatic heterocycles. The van der Waals surface area contributed by atoms with Gasteiger partial charge in [-0.25, -0.2) is 4.99 Å². The number of nitrogens with zero attached hydrogens (tertiary/aromatic N) is 3. The van der Waals surface area contributed by atoms with Crippen molar-refractivity contribution in [1.82, 2.24) is 5.32 Å². The van der Waals surface area contributed by atoms with Gasteiger partial charge in [0, 0.05) is 30.2 Å². The third-order valence-corrected chi connectivity index (χ3v) is 7.81. The number of nitro benzene ring substituents is 1. The molecule has 0 unspecified atom stereocenters. The Kier molecular flexibility index (Phi) is 6.94. The van der Waals surface area contributed by atoms with E-state index in [1.807, 2.05) is 18.2 Å². The van der Waals surface area contributed by atoms with Crippen LogP contribution in [0.15, 0.2) is 46.0 Å². The van der Waals surface area contributed by atoms with Crippen molar-refractivity contribution >= 4 is 39.8 Å². The summed E-state index contributed by atoms with van der Waals surface area (Å²) in [4.78, 5) is 32.6. The van der Waals surface area contributed by atoms with Crippen molar-refractivity contribution in [3.8, 4) is 0 Å². The highest BCUT2D eigenvalue weighted by Gasteiger charge is 2.26. The van der Waals surface area contributed by atoms with Crippen LogP contribution in [0.4, 0.5) is 16.4 Å². The van der Waals surface area contributed by atoms with E-state index in [1.165, 1.54) is 4.88 Å². The van der Waals surface area contributed by atoms with Crippen LogP contribution in [0.25, 0.3) is 0 Å². The lowest BCUT2D eigenvalue weighted by Gasteiger charge is -2.28. The lowest BCUT2D eigenvalue weighted by Crippen LogP contribution is -2.29. The number of benzene rings is 1. The molecule has 1 aliphatic carbocycles. The van der Waals surface area contributed by atoms with Gasteiger partial charge in [-0.05, 0) is 74.3 Å². The first-order valence-electron chi connectivity index (χ1n) is 12.1. The first kappa shape index (κ1) is 23.3. The number of aryl methyl sites for hydroxylation is 1. The second-order valence-corrected chi connectivity index (χ2v) is 10.0. The topological polar surface area (TPSA) is 101 Å². The third kappa shape index (κ3) is 5.14. The van der Waals surface area contributed by atoms with Crippen molar-refractivity contribution in [3.63, 3.8) is 0 Å². The average Bonchev–Trinajstić information content (AvgIpc) is 3.54. The number of anilines is 1. The van der Waals surface area contributed by atoms with Gasteiger partial charge in [0.05, 0.1) is 23.3 Å². The van der Waals surface area contributed by atoms with Crippen molar-refractivity contribution in [1.29, 1.82) is 0 Å². The average molecular weight is 493 g/mol. The molecule has 1 aromatic carbocycles. The monoisotopic (exact) mass is 492 g/mol. The summed E-state index contributed by atoms with van der Waals surface area (Å²) in [5.74, 6) is 0.521. The van der Waals surface area contributed by atoms with Crippen molar-refractivity contribution in [2.24, 2.45) is 4.99 Å². The number of hydrogen-bond acceptors (Lipinski definition) is 7. The lowest BCUT2D eigenvalue weighted by molar-refractivity contribution is -0.384. The number of carbonyl (C=O) groups excluding carboxylic acids is 1. The number of rotatable bonds is 7. The zero-order chi connectivity index (χ0) is 24.2. The number of fused-ring (bicyclic) bond motifs is 1. The number of aliphatic imine (C=N–C) groups is 1. The van der Waals surface area contributed by atoms with Gasteiger partial charge in [-0.1, -0.05) is 6.07 Å².